The Morgan fingerprint density at radius 2 is 1.41 bits per heavy atom. The van der Waals surface area contributed by atoms with Gasteiger partial charge in [0.05, 0.1) is 0 Å². The van der Waals surface area contributed by atoms with E-state index in [-0.39, 0.29) is 11.3 Å². The van der Waals surface area contributed by atoms with Crippen LogP contribution < -0.4 is 4.90 Å². The Labute approximate surface area is 369 Å². The van der Waals surface area contributed by atoms with Gasteiger partial charge in [-0.05, 0) is 140 Å². The summed E-state index contributed by atoms with van der Waals surface area (Å²) in [7, 11) is 0. The molecular weight excluding hydrogens is 763 g/mol. The van der Waals surface area contributed by atoms with Crippen LogP contribution in [0.15, 0.2) is 222 Å². The first-order valence-corrected chi connectivity index (χ1v) is 22.5. The second kappa shape index (κ2) is 15.2. The second-order valence-corrected chi connectivity index (χ2v) is 17.7. The van der Waals surface area contributed by atoms with Crippen molar-refractivity contribution in [3.05, 3.63) is 240 Å². The summed E-state index contributed by atoms with van der Waals surface area (Å²) in [6.45, 7) is 2.38. The summed E-state index contributed by atoms with van der Waals surface area (Å²) < 4.78 is 6.27. The lowest BCUT2D eigenvalue weighted by Crippen LogP contribution is -2.29. The minimum absolute atomic E-state index is 0.177. The molecule has 0 radical (unpaired) electrons. The Bertz CT molecular complexity index is 3410. The highest BCUT2D eigenvalue weighted by Crippen LogP contribution is 2.44. The molecule has 2 atom stereocenters. The molecule has 0 amide bonds. The molecule has 0 bridgehead atoms. The Morgan fingerprint density at radius 3 is 2.29 bits per heavy atom. The van der Waals surface area contributed by atoms with Crippen LogP contribution in [0.1, 0.15) is 54.4 Å². The molecule has 302 valence electrons. The maximum atomic E-state index is 6.27. The standard InChI is InChI=1S/C61H47NO/c1-61(47-18-13-17-44(38-47)45-27-26-43-30-33-59-60(56(43)39-45)54-23-10-12-25-58(54)63-59)36-34-49(35-37-61)62(57-24-11-9-20-51(57)41-14-3-2-4-15-41)48-31-28-42(29-32-48)55-40-46-16-5-6-19-50(46)52-21-7-8-22-53(52)55/h2-7,9-19,21,23-36,38-40,51H,8,20,22,37H2,1H3. The molecule has 2 nitrogen and oxygen atoms in total. The van der Waals surface area contributed by atoms with Crippen molar-refractivity contribution in [2.24, 2.45) is 0 Å². The monoisotopic (exact) mass is 809 g/mol. The fourth-order valence-electron chi connectivity index (χ4n) is 10.5. The average molecular weight is 810 g/mol. The molecule has 3 aliphatic rings. The third-order valence-corrected chi connectivity index (χ3v) is 13.9. The summed E-state index contributed by atoms with van der Waals surface area (Å²) in [5.74, 6) is 0.234. The summed E-state index contributed by atoms with van der Waals surface area (Å²) in [5.41, 5.74) is 15.9. The van der Waals surface area contributed by atoms with E-state index in [4.69, 9.17) is 4.42 Å². The zero-order valence-corrected chi connectivity index (χ0v) is 35.5. The van der Waals surface area contributed by atoms with Gasteiger partial charge in [-0.3, -0.25) is 0 Å². The van der Waals surface area contributed by atoms with Crippen molar-refractivity contribution in [3.63, 3.8) is 0 Å². The van der Waals surface area contributed by atoms with Crippen molar-refractivity contribution < 1.29 is 4.42 Å². The van der Waals surface area contributed by atoms with Crippen LogP contribution in [0.5, 0.6) is 0 Å². The first-order chi connectivity index (χ1) is 31.1. The molecule has 0 saturated carbocycles. The van der Waals surface area contributed by atoms with Crippen LogP contribution in [-0.4, -0.2) is 0 Å². The first-order valence-electron chi connectivity index (χ1n) is 22.5. The molecule has 1 heterocycles. The SMILES string of the molecule is CC1(c2cccc(-c3ccc4ccc5oc6ccccc6c5c4c3)c2)C=CC(N(C2=CC=CCC2c2ccccc2)c2ccc(-c3cc4ccccc4c4c3CCC=C4)cc2)=CC1. The lowest BCUT2D eigenvalue weighted by molar-refractivity contribution is 0.594. The molecule has 9 aromatic rings. The number of furan rings is 1. The minimum atomic E-state index is -0.177. The third-order valence-electron chi connectivity index (χ3n) is 13.9. The lowest BCUT2D eigenvalue weighted by Gasteiger charge is -2.37. The van der Waals surface area contributed by atoms with Gasteiger partial charge < -0.3 is 9.32 Å². The maximum Gasteiger partial charge on any atom is 0.136 e. The van der Waals surface area contributed by atoms with Crippen molar-refractivity contribution in [3.8, 4) is 22.3 Å². The van der Waals surface area contributed by atoms with Gasteiger partial charge in [0.25, 0.3) is 0 Å². The molecule has 12 rings (SSSR count). The average Bonchev–Trinajstić information content (AvgIpc) is 3.74. The highest BCUT2D eigenvalue weighted by atomic mass is 16.3. The smallest absolute Gasteiger partial charge is 0.136 e. The second-order valence-electron chi connectivity index (χ2n) is 17.7. The number of hydrogen-bond acceptors (Lipinski definition) is 2. The number of hydrogen-bond donors (Lipinski definition) is 0. The van der Waals surface area contributed by atoms with Crippen LogP contribution in [-0.2, 0) is 11.8 Å². The van der Waals surface area contributed by atoms with Crippen LogP contribution >= 0.6 is 0 Å². The van der Waals surface area contributed by atoms with Gasteiger partial charge in [-0.15, -0.1) is 0 Å². The number of nitrogens with zero attached hydrogens (tertiary/aromatic N) is 1. The summed E-state index contributed by atoms with van der Waals surface area (Å²) in [4.78, 5) is 2.52. The predicted octanol–water partition coefficient (Wildman–Crippen LogP) is 16.4. The van der Waals surface area contributed by atoms with E-state index >= 15 is 0 Å². The topological polar surface area (TPSA) is 16.4 Å². The van der Waals surface area contributed by atoms with Crippen LogP contribution in [0, 0.1) is 0 Å². The number of allylic oxidation sites excluding steroid dienone is 8. The fourth-order valence-corrected chi connectivity index (χ4v) is 10.5. The van der Waals surface area contributed by atoms with E-state index in [1.165, 1.54) is 88.5 Å². The van der Waals surface area contributed by atoms with E-state index < -0.39 is 0 Å². The van der Waals surface area contributed by atoms with Gasteiger partial charge in [-0.2, -0.15) is 0 Å². The Morgan fingerprint density at radius 1 is 0.619 bits per heavy atom. The third kappa shape index (κ3) is 6.48. The van der Waals surface area contributed by atoms with Gasteiger partial charge in [-0.1, -0.05) is 171 Å². The molecular formula is C61H47NO. The molecule has 1 aromatic heterocycles. The molecule has 3 aliphatic carbocycles. The molecule has 0 spiro atoms. The number of benzene rings is 8. The van der Waals surface area contributed by atoms with Gasteiger partial charge in [0, 0.05) is 39.2 Å². The Balaban J connectivity index is 0.904. The van der Waals surface area contributed by atoms with Crippen molar-refractivity contribution in [1.82, 2.24) is 0 Å². The highest BCUT2D eigenvalue weighted by molar-refractivity contribution is 6.19. The molecule has 0 fully saturated rings. The Kier molecular flexibility index (Phi) is 9.00. The zero-order valence-electron chi connectivity index (χ0n) is 35.5. The highest BCUT2D eigenvalue weighted by Gasteiger charge is 2.31. The molecule has 2 unspecified atom stereocenters. The maximum absolute atomic E-state index is 6.27. The summed E-state index contributed by atoms with van der Waals surface area (Å²) in [5, 5.41) is 7.42. The first kappa shape index (κ1) is 37.4. The Hall–Kier alpha value is -7.42. The van der Waals surface area contributed by atoms with Crippen LogP contribution in [0.25, 0.3) is 71.8 Å². The number of fused-ring (bicyclic) bond motifs is 8. The van der Waals surface area contributed by atoms with Crippen LogP contribution in [0.4, 0.5) is 5.69 Å². The van der Waals surface area contributed by atoms with E-state index in [2.05, 4.69) is 218 Å². The van der Waals surface area contributed by atoms with Crippen LogP contribution in [0.3, 0.4) is 0 Å². The van der Waals surface area contributed by atoms with Crippen LogP contribution in [0.2, 0.25) is 0 Å². The molecule has 0 N–H and O–H groups in total. The minimum Gasteiger partial charge on any atom is -0.456 e. The van der Waals surface area contributed by atoms with Gasteiger partial charge in [-0.25, -0.2) is 0 Å². The van der Waals surface area contributed by atoms with E-state index in [0.717, 1.165) is 42.2 Å². The quantitative estimate of drug-likeness (QED) is 0.159. The number of anilines is 1. The van der Waals surface area contributed by atoms with Gasteiger partial charge in [0.15, 0.2) is 0 Å². The van der Waals surface area contributed by atoms with Gasteiger partial charge in [0.2, 0.25) is 0 Å². The van der Waals surface area contributed by atoms with Crippen molar-refractivity contribution in [2.75, 3.05) is 4.90 Å². The number of para-hydroxylation sites is 1. The fraction of sp³-hybridized carbons (Fsp3) is 0.115. The van der Waals surface area contributed by atoms with Crippen molar-refractivity contribution in [1.29, 1.82) is 0 Å². The molecule has 0 aliphatic heterocycles. The summed E-state index contributed by atoms with van der Waals surface area (Å²) >= 11 is 0. The molecule has 8 aromatic carbocycles. The van der Waals surface area contributed by atoms with Crippen molar-refractivity contribution >= 4 is 55.2 Å². The zero-order chi connectivity index (χ0) is 41.9. The largest absolute Gasteiger partial charge is 0.456 e. The van der Waals surface area contributed by atoms with Gasteiger partial charge >= 0.3 is 0 Å². The summed E-state index contributed by atoms with van der Waals surface area (Å²) in [6.07, 6.45) is 22.8. The van der Waals surface area contributed by atoms with E-state index in [1.54, 1.807) is 0 Å². The van der Waals surface area contributed by atoms with Gasteiger partial charge in [0.1, 0.15) is 11.2 Å². The van der Waals surface area contributed by atoms with E-state index in [0.29, 0.717) is 0 Å². The molecule has 63 heavy (non-hydrogen) atoms. The van der Waals surface area contributed by atoms with E-state index in [9.17, 15) is 0 Å². The van der Waals surface area contributed by atoms with E-state index in [1.807, 2.05) is 6.07 Å². The summed E-state index contributed by atoms with van der Waals surface area (Å²) in [6, 6.07) is 60.3. The van der Waals surface area contributed by atoms with Crippen molar-refractivity contribution in [2.45, 2.75) is 43.9 Å². The normalized spacial score (nSPS) is 18.2. The molecule has 0 saturated heterocycles. The number of rotatable bonds is 7. The predicted molar refractivity (Wildman–Crippen MR) is 266 cm³/mol. The lowest BCUT2D eigenvalue weighted by atomic mass is 9.76. The molecule has 2 heteroatoms.